The van der Waals surface area contributed by atoms with E-state index in [1.807, 2.05) is 25.7 Å². The molecule has 0 spiro atoms. The van der Waals surface area contributed by atoms with Crippen molar-refractivity contribution in [1.29, 1.82) is 0 Å². The lowest BCUT2D eigenvalue weighted by Gasteiger charge is -2.43. The second-order valence-electron chi connectivity index (χ2n) is 6.41. The highest BCUT2D eigenvalue weighted by molar-refractivity contribution is 5.80. The molecule has 1 N–H and O–H groups in total. The van der Waals surface area contributed by atoms with Crippen molar-refractivity contribution in [2.24, 2.45) is 5.41 Å². The molecule has 2 heterocycles. The topological polar surface area (TPSA) is 70.1 Å². The van der Waals surface area contributed by atoms with Gasteiger partial charge in [0.25, 0.3) is 0 Å². The van der Waals surface area contributed by atoms with Crippen molar-refractivity contribution in [1.82, 2.24) is 9.80 Å². The number of carbonyl (C=O) groups is 2. The van der Waals surface area contributed by atoms with E-state index in [0.717, 1.165) is 0 Å². The van der Waals surface area contributed by atoms with Gasteiger partial charge in [-0.3, -0.25) is 4.79 Å². The predicted octanol–water partition coefficient (Wildman–Crippen LogP) is 1.40. The highest BCUT2D eigenvalue weighted by Gasteiger charge is 2.47. The molecule has 1 unspecified atom stereocenters. The van der Waals surface area contributed by atoms with Crippen molar-refractivity contribution in [3.63, 3.8) is 0 Å². The Morgan fingerprint density at radius 1 is 1.30 bits per heavy atom. The summed E-state index contributed by atoms with van der Waals surface area (Å²) in [6.07, 6.45) is 1.09. The third kappa shape index (κ3) is 2.49. The maximum atomic E-state index is 12.6. The van der Waals surface area contributed by atoms with Gasteiger partial charge in [0.15, 0.2) is 0 Å². The fraction of sp³-hybridized carbons (Fsp3) is 0.857. The van der Waals surface area contributed by atoms with Crippen molar-refractivity contribution >= 4 is 12.0 Å². The summed E-state index contributed by atoms with van der Waals surface area (Å²) in [6.45, 7) is 8.28. The number of nitrogens with zero attached hydrogens (tertiary/aromatic N) is 2. The van der Waals surface area contributed by atoms with E-state index in [-0.39, 0.29) is 11.6 Å². The van der Waals surface area contributed by atoms with E-state index in [1.165, 1.54) is 0 Å². The molecule has 114 valence electrons. The first kappa shape index (κ1) is 15.1. The molecule has 0 saturated carbocycles. The van der Waals surface area contributed by atoms with E-state index in [1.54, 1.807) is 4.90 Å². The van der Waals surface area contributed by atoms with Crippen LogP contribution in [0.4, 0.5) is 4.79 Å². The van der Waals surface area contributed by atoms with Crippen molar-refractivity contribution in [3.05, 3.63) is 0 Å². The zero-order valence-corrected chi connectivity index (χ0v) is 12.5. The number of aliphatic carboxylic acids is 1. The van der Waals surface area contributed by atoms with Gasteiger partial charge in [0, 0.05) is 19.6 Å². The number of hydrogen-bond acceptors (Lipinski definition) is 3. The Balaban J connectivity index is 2.09. The van der Waals surface area contributed by atoms with Crippen LogP contribution < -0.4 is 0 Å². The van der Waals surface area contributed by atoms with Crippen molar-refractivity contribution < 1.29 is 19.4 Å². The summed E-state index contributed by atoms with van der Waals surface area (Å²) in [5, 5.41) is 9.40. The van der Waals surface area contributed by atoms with E-state index in [9.17, 15) is 14.7 Å². The summed E-state index contributed by atoms with van der Waals surface area (Å²) >= 11 is 0. The standard InChI is InChI=1S/C14H24N2O4/c1-4-14(11(17)18)5-6-15(9-14)12(19)16-7-8-20-10-13(16,2)3/h4-10H2,1-3H3,(H,17,18). The Kier molecular flexibility index (Phi) is 3.95. The number of urea groups is 1. The molecule has 2 rings (SSSR count). The molecule has 0 aromatic carbocycles. The molecule has 0 aromatic heterocycles. The summed E-state index contributed by atoms with van der Waals surface area (Å²) < 4.78 is 5.42. The van der Waals surface area contributed by atoms with Crippen LogP contribution in [0, 0.1) is 5.41 Å². The molecule has 2 amide bonds. The van der Waals surface area contributed by atoms with Crippen LogP contribution >= 0.6 is 0 Å². The zero-order valence-electron chi connectivity index (χ0n) is 12.5. The molecular weight excluding hydrogens is 260 g/mol. The molecule has 2 aliphatic rings. The number of amides is 2. The fourth-order valence-electron chi connectivity index (χ4n) is 3.03. The first-order valence-electron chi connectivity index (χ1n) is 7.20. The van der Waals surface area contributed by atoms with E-state index in [4.69, 9.17) is 4.74 Å². The van der Waals surface area contributed by atoms with Crippen LogP contribution in [-0.4, -0.2) is 65.3 Å². The number of rotatable bonds is 2. The van der Waals surface area contributed by atoms with E-state index in [2.05, 4.69) is 0 Å². The van der Waals surface area contributed by atoms with Crippen LogP contribution in [-0.2, 0) is 9.53 Å². The highest BCUT2D eigenvalue weighted by Crippen LogP contribution is 2.35. The smallest absolute Gasteiger partial charge is 0.320 e. The molecule has 1 atom stereocenters. The lowest BCUT2D eigenvalue weighted by Crippen LogP contribution is -2.59. The summed E-state index contributed by atoms with van der Waals surface area (Å²) in [4.78, 5) is 27.6. The fourth-order valence-corrected chi connectivity index (χ4v) is 3.03. The molecule has 2 fully saturated rings. The minimum Gasteiger partial charge on any atom is -0.481 e. The molecule has 0 bridgehead atoms. The van der Waals surface area contributed by atoms with Crippen molar-refractivity contribution in [2.75, 3.05) is 32.8 Å². The molecule has 6 heteroatoms. The van der Waals surface area contributed by atoms with Gasteiger partial charge in [0.05, 0.1) is 24.2 Å². The third-order valence-corrected chi connectivity index (χ3v) is 4.63. The van der Waals surface area contributed by atoms with Gasteiger partial charge in [-0.15, -0.1) is 0 Å². The van der Waals surface area contributed by atoms with Gasteiger partial charge in [-0.25, -0.2) is 4.79 Å². The Morgan fingerprint density at radius 3 is 2.50 bits per heavy atom. The molecule has 0 radical (unpaired) electrons. The summed E-state index contributed by atoms with van der Waals surface area (Å²) in [6, 6.07) is -0.0603. The molecular formula is C14H24N2O4. The quantitative estimate of drug-likeness (QED) is 0.832. The van der Waals surface area contributed by atoms with E-state index >= 15 is 0 Å². The van der Waals surface area contributed by atoms with E-state index in [0.29, 0.717) is 45.7 Å². The normalized spacial score (nSPS) is 29.6. The lowest BCUT2D eigenvalue weighted by molar-refractivity contribution is -0.148. The molecule has 6 nitrogen and oxygen atoms in total. The monoisotopic (exact) mass is 284 g/mol. The molecule has 0 aromatic rings. The van der Waals surface area contributed by atoms with Crippen LogP contribution in [0.2, 0.25) is 0 Å². The largest absolute Gasteiger partial charge is 0.481 e. The SMILES string of the molecule is CCC1(C(=O)O)CCN(C(=O)N2CCOCC2(C)C)C1. The summed E-state index contributed by atoms with van der Waals surface area (Å²) in [5.41, 5.74) is -1.11. The average molecular weight is 284 g/mol. The first-order valence-corrected chi connectivity index (χ1v) is 7.20. The second-order valence-corrected chi connectivity index (χ2v) is 6.41. The Labute approximate surface area is 119 Å². The predicted molar refractivity (Wildman–Crippen MR) is 73.5 cm³/mol. The van der Waals surface area contributed by atoms with E-state index < -0.39 is 11.4 Å². The number of carboxylic acid groups (broad SMARTS) is 1. The Hall–Kier alpha value is -1.30. The maximum absolute atomic E-state index is 12.6. The summed E-state index contributed by atoms with van der Waals surface area (Å²) in [5.74, 6) is -0.795. The lowest BCUT2D eigenvalue weighted by atomic mass is 9.84. The number of hydrogen-bond donors (Lipinski definition) is 1. The third-order valence-electron chi connectivity index (χ3n) is 4.63. The van der Waals surface area contributed by atoms with Crippen LogP contribution in [0.25, 0.3) is 0 Å². The van der Waals surface area contributed by atoms with Gasteiger partial charge in [-0.05, 0) is 26.7 Å². The van der Waals surface area contributed by atoms with Crippen LogP contribution in [0.5, 0.6) is 0 Å². The minimum atomic E-state index is -0.795. The summed E-state index contributed by atoms with van der Waals surface area (Å²) in [7, 11) is 0. The van der Waals surface area contributed by atoms with Crippen LogP contribution in [0.1, 0.15) is 33.6 Å². The van der Waals surface area contributed by atoms with Gasteiger partial charge < -0.3 is 19.6 Å². The van der Waals surface area contributed by atoms with Crippen LogP contribution in [0.15, 0.2) is 0 Å². The van der Waals surface area contributed by atoms with Crippen molar-refractivity contribution in [2.45, 2.75) is 39.2 Å². The van der Waals surface area contributed by atoms with Crippen molar-refractivity contribution in [3.8, 4) is 0 Å². The van der Waals surface area contributed by atoms with Crippen LogP contribution in [0.3, 0.4) is 0 Å². The van der Waals surface area contributed by atoms with Gasteiger partial charge in [0.2, 0.25) is 0 Å². The number of ether oxygens (including phenoxy) is 1. The molecule has 2 aliphatic heterocycles. The zero-order chi connectivity index (χ0) is 15.0. The number of likely N-dealkylation sites (tertiary alicyclic amines) is 1. The van der Waals surface area contributed by atoms with Gasteiger partial charge in [-0.2, -0.15) is 0 Å². The average Bonchev–Trinajstić information content (AvgIpc) is 2.83. The molecule has 2 saturated heterocycles. The number of carbonyl (C=O) groups excluding carboxylic acids is 1. The molecule has 0 aliphatic carbocycles. The molecule has 20 heavy (non-hydrogen) atoms. The second kappa shape index (κ2) is 5.24. The van der Waals surface area contributed by atoms with Gasteiger partial charge in [0.1, 0.15) is 0 Å². The van der Waals surface area contributed by atoms with Gasteiger partial charge in [-0.1, -0.05) is 6.92 Å². The minimum absolute atomic E-state index is 0.0603. The first-order chi connectivity index (χ1) is 9.32. The Bertz CT molecular complexity index is 410. The highest BCUT2D eigenvalue weighted by atomic mass is 16.5. The number of carboxylic acids is 1. The van der Waals surface area contributed by atoms with Gasteiger partial charge >= 0.3 is 12.0 Å². The maximum Gasteiger partial charge on any atom is 0.320 e. The Morgan fingerprint density at radius 2 is 2.00 bits per heavy atom. The number of morpholine rings is 1.